The minimum Gasteiger partial charge on any atom is -0.368 e. The van der Waals surface area contributed by atoms with E-state index in [4.69, 9.17) is 0 Å². The van der Waals surface area contributed by atoms with Gasteiger partial charge in [0.1, 0.15) is 6.04 Å². The lowest BCUT2D eigenvalue weighted by molar-refractivity contribution is -0.133. The van der Waals surface area contributed by atoms with E-state index in [0.717, 1.165) is 4.31 Å². The number of aryl methyl sites for hydroxylation is 2. The Morgan fingerprint density at radius 3 is 2.35 bits per heavy atom. The molecule has 0 aromatic heterocycles. The van der Waals surface area contributed by atoms with Crippen LogP contribution in [0.4, 0.5) is 10.5 Å². The summed E-state index contributed by atoms with van der Waals surface area (Å²) >= 11 is 0. The third kappa shape index (κ3) is 4.10. The number of benzene rings is 2. The molecule has 164 valence electrons. The molecule has 2 heterocycles. The van der Waals surface area contributed by atoms with Crippen molar-refractivity contribution in [3.8, 4) is 0 Å². The SMILES string of the molecule is Cc1ccc(C)c(N2CCN(C(=O)C3CN(S(=O)(=O)c4ccccc4)C(=O)N3)CC2)c1. The standard InChI is InChI=1S/C22H26N4O4S/c1-16-8-9-17(2)20(14-16)24-10-12-25(13-11-24)21(27)19-15-26(22(28)23-19)31(29,30)18-6-4-3-5-7-18/h3-9,14,19H,10-13,15H2,1-2H3,(H,23,28). The van der Waals surface area contributed by atoms with Crippen molar-refractivity contribution in [3.05, 3.63) is 59.7 Å². The maximum absolute atomic E-state index is 13.0. The van der Waals surface area contributed by atoms with Crippen LogP contribution in [0.5, 0.6) is 0 Å². The average molecular weight is 443 g/mol. The summed E-state index contributed by atoms with van der Waals surface area (Å²) in [5.41, 5.74) is 3.55. The Balaban J connectivity index is 1.41. The Morgan fingerprint density at radius 2 is 1.68 bits per heavy atom. The summed E-state index contributed by atoms with van der Waals surface area (Å²) in [5, 5.41) is 2.54. The zero-order valence-corrected chi connectivity index (χ0v) is 18.4. The molecule has 2 aromatic rings. The van der Waals surface area contributed by atoms with E-state index in [9.17, 15) is 18.0 Å². The Labute approximate surface area is 182 Å². The first-order chi connectivity index (χ1) is 14.8. The van der Waals surface area contributed by atoms with Crippen molar-refractivity contribution < 1.29 is 18.0 Å². The highest BCUT2D eigenvalue weighted by molar-refractivity contribution is 7.89. The number of piperazine rings is 1. The van der Waals surface area contributed by atoms with Crippen LogP contribution in [0.15, 0.2) is 53.4 Å². The van der Waals surface area contributed by atoms with E-state index < -0.39 is 22.1 Å². The third-order valence-corrected chi connectivity index (χ3v) is 7.56. The van der Waals surface area contributed by atoms with Crippen LogP contribution in [0.2, 0.25) is 0 Å². The van der Waals surface area contributed by atoms with E-state index in [0.29, 0.717) is 26.2 Å². The Hall–Kier alpha value is -3.07. The summed E-state index contributed by atoms with van der Waals surface area (Å²) in [6.07, 6.45) is 0. The number of nitrogens with zero attached hydrogens (tertiary/aromatic N) is 3. The van der Waals surface area contributed by atoms with Crippen molar-refractivity contribution in [2.24, 2.45) is 0 Å². The van der Waals surface area contributed by atoms with Crippen LogP contribution < -0.4 is 10.2 Å². The molecular weight excluding hydrogens is 416 g/mol. The van der Waals surface area contributed by atoms with E-state index in [1.807, 2.05) is 0 Å². The number of hydrogen-bond acceptors (Lipinski definition) is 5. The van der Waals surface area contributed by atoms with Gasteiger partial charge in [-0.15, -0.1) is 0 Å². The summed E-state index contributed by atoms with van der Waals surface area (Å²) in [7, 11) is -4.00. The van der Waals surface area contributed by atoms with Crippen LogP contribution in [0.3, 0.4) is 0 Å². The summed E-state index contributed by atoms with van der Waals surface area (Å²) in [6.45, 7) is 6.33. The predicted molar refractivity (Wildman–Crippen MR) is 117 cm³/mol. The maximum atomic E-state index is 13.0. The van der Waals surface area contributed by atoms with Crippen molar-refractivity contribution in [1.29, 1.82) is 0 Å². The van der Waals surface area contributed by atoms with E-state index in [1.165, 1.54) is 28.9 Å². The largest absolute Gasteiger partial charge is 0.368 e. The van der Waals surface area contributed by atoms with E-state index >= 15 is 0 Å². The number of nitrogens with one attached hydrogen (secondary N) is 1. The number of hydrogen-bond donors (Lipinski definition) is 1. The fourth-order valence-electron chi connectivity index (χ4n) is 4.03. The zero-order valence-electron chi connectivity index (χ0n) is 17.6. The molecule has 1 unspecified atom stereocenters. The molecule has 2 aliphatic heterocycles. The van der Waals surface area contributed by atoms with Crippen LogP contribution in [-0.4, -0.2) is 68.3 Å². The van der Waals surface area contributed by atoms with Crippen molar-refractivity contribution in [3.63, 3.8) is 0 Å². The summed E-state index contributed by atoms with van der Waals surface area (Å²) < 4.78 is 26.3. The van der Waals surface area contributed by atoms with Crippen LogP contribution in [0.1, 0.15) is 11.1 Å². The van der Waals surface area contributed by atoms with Gasteiger partial charge in [-0.3, -0.25) is 4.79 Å². The normalized spacial score (nSPS) is 19.5. The Morgan fingerprint density at radius 1 is 1.00 bits per heavy atom. The van der Waals surface area contributed by atoms with E-state index in [1.54, 1.807) is 23.1 Å². The van der Waals surface area contributed by atoms with Gasteiger partial charge in [-0.05, 0) is 43.2 Å². The highest BCUT2D eigenvalue weighted by Crippen LogP contribution is 2.24. The molecule has 2 aromatic carbocycles. The molecule has 2 fully saturated rings. The molecule has 0 aliphatic carbocycles. The molecule has 1 N–H and O–H groups in total. The zero-order chi connectivity index (χ0) is 22.2. The molecule has 0 bridgehead atoms. The van der Waals surface area contributed by atoms with Crippen molar-refractivity contribution in [1.82, 2.24) is 14.5 Å². The van der Waals surface area contributed by atoms with Gasteiger partial charge in [-0.1, -0.05) is 30.3 Å². The van der Waals surface area contributed by atoms with Crippen molar-refractivity contribution in [2.75, 3.05) is 37.6 Å². The minimum atomic E-state index is -4.00. The number of carbonyl (C=O) groups excluding carboxylic acids is 2. The van der Waals surface area contributed by atoms with Crippen LogP contribution in [-0.2, 0) is 14.8 Å². The van der Waals surface area contributed by atoms with Crippen LogP contribution in [0.25, 0.3) is 0 Å². The summed E-state index contributed by atoms with van der Waals surface area (Å²) in [5.74, 6) is -0.250. The minimum absolute atomic E-state index is 0.0281. The van der Waals surface area contributed by atoms with Gasteiger partial charge in [-0.2, -0.15) is 0 Å². The molecular formula is C22H26N4O4S. The topological polar surface area (TPSA) is 90.0 Å². The number of carbonyl (C=O) groups is 2. The quantitative estimate of drug-likeness (QED) is 0.779. The van der Waals surface area contributed by atoms with Gasteiger partial charge in [0.25, 0.3) is 10.0 Å². The highest BCUT2D eigenvalue weighted by atomic mass is 32.2. The first-order valence-electron chi connectivity index (χ1n) is 10.3. The number of anilines is 1. The van der Waals surface area contributed by atoms with Crippen molar-refractivity contribution >= 4 is 27.6 Å². The number of urea groups is 1. The second kappa shape index (κ2) is 8.22. The van der Waals surface area contributed by atoms with E-state index in [2.05, 4.69) is 42.3 Å². The van der Waals surface area contributed by atoms with Gasteiger partial charge >= 0.3 is 6.03 Å². The molecule has 0 saturated carbocycles. The number of sulfonamides is 1. The lowest BCUT2D eigenvalue weighted by Crippen LogP contribution is -2.54. The second-order valence-electron chi connectivity index (χ2n) is 7.95. The van der Waals surface area contributed by atoms with E-state index in [-0.39, 0.29) is 17.3 Å². The third-order valence-electron chi connectivity index (χ3n) is 5.80. The Kier molecular flexibility index (Phi) is 5.62. The molecule has 4 rings (SSSR count). The molecule has 3 amide bonds. The van der Waals surface area contributed by atoms with Gasteiger partial charge in [0.05, 0.1) is 11.4 Å². The fraction of sp³-hybridized carbons (Fsp3) is 0.364. The second-order valence-corrected chi connectivity index (χ2v) is 9.82. The maximum Gasteiger partial charge on any atom is 0.332 e. The molecule has 2 aliphatic rings. The highest BCUT2D eigenvalue weighted by Gasteiger charge is 2.42. The van der Waals surface area contributed by atoms with Gasteiger partial charge in [0.2, 0.25) is 5.91 Å². The average Bonchev–Trinajstić information content (AvgIpc) is 3.18. The van der Waals surface area contributed by atoms with Crippen LogP contribution in [0, 0.1) is 13.8 Å². The first kappa shape index (κ1) is 21.2. The number of rotatable bonds is 4. The van der Waals surface area contributed by atoms with Crippen LogP contribution >= 0.6 is 0 Å². The van der Waals surface area contributed by atoms with Gasteiger partial charge in [0.15, 0.2) is 0 Å². The predicted octanol–water partition coefficient (Wildman–Crippen LogP) is 1.73. The summed E-state index contributed by atoms with van der Waals surface area (Å²) in [6, 6.07) is 12.4. The fourth-order valence-corrected chi connectivity index (χ4v) is 5.40. The lowest BCUT2D eigenvalue weighted by atomic mass is 10.1. The monoisotopic (exact) mass is 442 g/mol. The molecule has 0 spiro atoms. The van der Waals surface area contributed by atoms with Gasteiger partial charge in [0, 0.05) is 31.9 Å². The molecule has 9 heteroatoms. The van der Waals surface area contributed by atoms with Gasteiger partial charge < -0.3 is 15.1 Å². The first-order valence-corrected chi connectivity index (χ1v) is 11.7. The molecule has 2 saturated heterocycles. The summed E-state index contributed by atoms with van der Waals surface area (Å²) in [4.78, 5) is 29.3. The molecule has 0 radical (unpaired) electrons. The van der Waals surface area contributed by atoms with Crippen molar-refractivity contribution in [2.45, 2.75) is 24.8 Å². The Bertz CT molecular complexity index is 1100. The van der Waals surface area contributed by atoms with Gasteiger partial charge in [-0.25, -0.2) is 17.5 Å². The molecule has 31 heavy (non-hydrogen) atoms. The number of amides is 3. The molecule has 1 atom stereocenters. The lowest BCUT2D eigenvalue weighted by Gasteiger charge is -2.37. The molecule has 8 nitrogen and oxygen atoms in total. The smallest absolute Gasteiger partial charge is 0.332 e.